The number of ether oxygens (including phenoxy) is 1. The first-order chi connectivity index (χ1) is 13.8. The van der Waals surface area contributed by atoms with Gasteiger partial charge in [0.05, 0.1) is 18.5 Å². The second-order valence-corrected chi connectivity index (χ2v) is 7.15. The molecule has 0 N–H and O–H groups in total. The van der Waals surface area contributed by atoms with Gasteiger partial charge in [0, 0.05) is 22.2 Å². The standard InChI is InChI=1S/C24H20N2OS/c1-27-22-14-12-19(13-15-22)24-20(16-17-28-23-10-6-3-7-11-23)18-26(25-24)21-8-4-2-5-9-21/h2-18H,1H3/b17-16+. The molecule has 4 heteroatoms. The van der Waals surface area contributed by atoms with Crippen molar-refractivity contribution in [2.75, 3.05) is 7.11 Å². The number of benzene rings is 3. The smallest absolute Gasteiger partial charge is 0.118 e. The number of methoxy groups -OCH3 is 1. The SMILES string of the molecule is COc1ccc(-c2nn(-c3ccccc3)cc2/C=C/Sc2ccccc2)cc1. The summed E-state index contributed by atoms with van der Waals surface area (Å²) < 4.78 is 7.20. The second-order valence-electron chi connectivity index (χ2n) is 6.18. The van der Waals surface area contributed by atoms with E-state index in [2.05, 4.69) is 41.9 Å². The Labute approximate surface area is 169 Å². The van der Waals surface area contributed by atoms with Crippen LogP contribution in [0.2, 0.25) is 0 Å². The van der Waals surface area contributed by atoms with Crippen molar-refractivity contribution in [3.05, 3.63) is 102 Å². The lowest BCUT2D eigenvalue weighted by atomic mass is 10.1. The number of nitrogens with zero attached hydrogens (tertiary/aromatic N) is 2. The minimum atomic E-state index is 0.836. The highest BCUT2D eigenvalue weighted by atomic mass is 32.2. The molecule has 0 bridgehead atoms. The molecule has 28 heavy (non-hydrogen) atoms. The third kappa shape index (κ3) is 4.18. The van der Waals surface area contributed by atoms with Crippen LogP contribution >= 0.6 is 11.8 Å². The molecule has 0 aliphatic rings. The third-order valence-corrected chi connectivity index (χ3v) is 5.14. The number of rotatable bonds is 6. The number of para-hydroxylation sites is 1. The van der Waals surface area contributed by atoms with E-state index in [0.717, 1.165) is 28.3 Å². The maximum Gasteiger partial charge on any atom is 0.118 e. The van der Waals surface area contributed by atoms with Crippen molar-refractivity contribution in [1.82, 2.24) is 9.78 Å². The number of aromatic nitrogens is 2. The summed E-state index contributed by atoms with van der Waals surface area (Å²) in [6.45, 7) is 0. The molecule has 3 nitrogen and oxygen atoms in total. The van der Waals surface area contributed by atoms with Gasteiger partial charge < -0.3 is 4.74 Å². The predicted octanol–water partition coefficient (Wildman–Crippen LogP) is 6.31. The lowest BCUT2D eigenvalue weighted by molar-refractivity contribution is 0.415. The number of thioether (sulfide) groups is 1. The molecule has 0 spiro atoms. The van der Waals surface area contributed by atoms with Crippen LogP contribution in [0.1, 0.15) is 5.56 Å². The molecule has 0 saturated carbocycles. The molecule has 0 radical (unpaired) electrons. The van der Waals surface area contributed by atoms with Gasteiger partial charge in [-0.2, -0.15) is 5.10 Å². The molecule has 3 aromatic carbocycles. The van der Waals surface area contributed by atoms with Crippen LogP contribution < -0.4 is 4.74 Å². The summed E-state index contributed by atoms with van der Waals surface area (Å²) in [4.78, 5) is 1.21. The maximum atomic E-state index is 5.28. The van der Waals surface area contributed by atoms with Gasteiger partial charge in [-0.25, -0.2) is 4.68 Å². The monoisotopic (exact) mass is 384 g/mol. The average molecular weight is 385 g/mol. The summed E-state index contributed by atoms with van der Waals surface area (Å²) in [5, 5.41) is 6.95. The summed E-state index contributed by atoms with van der Waals surface area (Å²) in [7, 11) is 1.67. The normalized spacial score (nSPS) is 11.0. The van der Waals surface area contributed by atoms with E-state index in [9.17, 15) is 0 Å². The van der Waals surface area contributed by atoms with Crippen LogP contribution in [0.15, 0.2) is 101 Å². The van der Waals surface area contributed by atoms with Crippen LogP contribution in [0.4, 0.5) is 0 Å². The first-order valence-corrected chi connectivity index (χ1v) is 9.89. The summed E-state index contributed by atoms with van der Waals surface area (Å²) in [6, 6.07) is 28.5. The van der Waals surface area contributed by atoms with Gasteiger partial charge in [-0.05, 0) is 60.0 Å². The Hall–Kier alpha value is -3.24. The highest BCUT2D eigenvalue weighted by molar-refractivity contribution is 8.02. The minimum Gasteiger partial charge on any atom is -0.497 e. The molecular weight excluding hydrogens is 364 g/mol. The number of hydrogen-bond acceptors (Lipinski definition) is 3. The van der Waals surface area contributed by atoms with Crippen molar-refractivity contribution in [2.24, 2.45) is 0 Å². The molecule has 0 saturated heterocycles. The van der Waals surface area contributed by atoms with E-state index in [1.165, 1.54) is 4.90 Å². The fourth-order valence-electron chi connectivity index (χ4n) is 2.88. The zero-order valence-electron chi connectivity index (χ0n) is 15.5. The molecule has 0 unspecified atom stereocenters. The molecule has 4 aromatic rings. The van der Waals surface area contributed by atoms with Crippen LogP contribution in [0.5, 0.6) is 5.75 Å². The van der Waals surface area contributed by atoms with E-state index in [0.29, 0.717) is 0 Å². The zero-order chi connectivity index (χ0) is 19.2. The van der Waals surface area contributed by atoms with Crippen LogP contribution in [-0.4, -0.2) is 16.9 Å². The quantitative estimate of drug-likeness (QED) is 0.364. The van der Waals surface area contributed by atoms with Gasteiger partial charge in [0.25, 0.3) is 0 Å². The van der Waals surface area contributed by atoms with Gasteiger partial charge in [-0.15, -0.1) is 0 Å². The van der Waals surface area contributed by atoms with Crippen molar-refractivity contribution in [3.63, 3.8) is 0 Å². The van der Waals surface area contributed by atoms with E-state index in [1.54, 1.807) is 18.9 Å². The molecule has 0 aliphatic heterocycles. The first kappa shape index (κ1) is 18.1. The molecular formula is C24H20N2OS. The predicted molar refractivity (Wildman–Crippen MR) is 117 cm³/mol. The van der Waals surface area contributed by atoms with Gasteiger partial charge in [0.2, 0.25) is 0 Å². The van der Waals surface area contributed by atoms with Gasteiger partial charge in [0.15, 0.2) is 0 Å². The molecule has 0 amide bonds. The maximum absolute atomic E-state index is 5.28. The molecule has 1 aromatic heterocycles. The Morgan fingerprint density at radius 2 is 1.54 bits per heavy atom. The van der Waals surface area contributed by atoms with Crippen molar-refractivity contribution >= 4 is 17.8 Å². The Morgan fingerprint density at radius 1 is 0.857 bits per heavy atom. The van der Waals surface area contributed by atoms with Crippen LogP contribution in [0.25, 0.3) is 23.0 Å². The summed E-state index contributed by atoms with van der Waals surface area (Å²) in [5.74, 6) is 0.836. The fraction of sp³-hybridized carbons (Fsp3) is 0.0417. The van der Waals surface area contributed by atoms with E-state index in [4.69, 9.17) is 9.84 Å². The highest BCUT2D eigenvalue weighted by Gasteiger charge is 2.10. The zero-order valence-corrected chi connectivity index (χ0v) is 16.3. The average Bonchev–Trinajstić information content (AvgIpc) is 3.19. The fourth-order valence-corrected chi connectivity index (χ4v) is 3.57. The van der Waals surface area contributed by atoms with Crippen molar-refractivity contribution in [3.8, 4) is 22.7 Å². The number of hydrogen-bond donors (Lipinski definition) is 0. The summed E-state index contributed by atoms with van der Waals surface area (Å²) >= 11 is 1.69. The minimum absolute atomic E-state index is 0.836. The molecule has 0 aliphatic carbocycles. The molecule has 4 rings (SSSR count). The lowest BCUT2D eigenvalue weighted by Gasteiger charge is -2.02. The molecule has 138 valence electrons. The van der Waals surface area contributed by atoms with E-state index in [1.807, 2.05) is 65.3 Å². The molecule has 0 atom stereocenters. The summed E-state index contributed by atoms with van der Waals surface area (Å²) in [5.41, 5.74) is 4.10. The third-order valence-electron chi connectivity index (χ3n) is 4.32. The Morgan fingerprint density at radius 3 is 2.21 bits per heavy atom. The van der Waals surface area contributed by atoms with Crippen LogP contribution in [-0.2, 0) is 0 Å². The van der Waals surface area contributed by atoms with Gasteiger partial charge >= 0.3 is 0 Å². The lowest BCUT2D eigenvalue weighted by Crippen LogP contribution is -1.94. The van der Waals surface area contributed by atoms with Gasteiger partial charge in [0.1, 0.15) is 5.75 Å². The second kappa shape index (κ2) is 8.63. The molecule has 1 heterocycles. The van der Waals surface area contributed by atoms with Gasteiger partial charge in [-0.3, -0.25) is 0 Å². The largest absolute Gasteiger partial charge is 0.497 e. The van der Waals surface area contributed by atoms with Crippen molar-refractivity contribution in [1.29, 1.82) is 0 Å². The first-order valence-electron chi connectivity index (χ1n) is 9.01. The molecule has 0 fully saturated rings. The van der Waals surface area contributed by atoms with E-state index in [-0.39, 0.29) is 0 Å². The van der Waals surface area contributed by atoms with Crippen LogP contribution in [0, 0.1) is 0 Å². The van der Waals surface area contributed by atoms with Crippen LogP contribution in [0.3, 0.4) is 0 Å². The Bertz CT molecular complexity index is 1050. The summed E-state index contributed by atoms with van der Waals surface area (Å²) in [6.07, 6.45) is 4.18. The van der Waals surface area contributed by atoms with Gasteiger partial charge in [-0.1, -0.05) is 48.2 Å². The Balaban J connectivity index is 1.69. The van der Waals surface area contributed by atoms with E-state index >= 15 is 0 Å². The Kier molecular flexibility index (Phi) is 5.59. The van der Waals surface area contributed by atoms with Crippen molar-refractivity contribution < 1.29 is 4.74 Å². The topological polar surface area (TPSA) is 27.1 Å². The van der Waals surface area contributed by atoms with Crippen molar-refractivity contribution in [2.45, 2.75) is 4.90 Å². The highest BCUT2D eigenvalue weighted by Crippen LogP contribution is 2.28. The van der Waals surface area contributed by atoms with E-state index < -0.39 is 0 Å².